The van der Waals surface area contributed by atoms with E-state index < -0.39 is 5.97 Å². The molecule has 4 heteroatoms. The molecule has 1 unspecified atom stereocenters. The molecule has 1 aromatic carbocycles. The third-order valence-electron chi connectivity index (χ3n) is 3.18. The Labute approximate surface area is 120 Å². The molecule has 0 aromatic heterocycles. The SMILES string of the molecule is CCC(c1ccc(Cl)cc1)N(CC(=O)O)C(C)(C)C. The number of carbonyl (C=O) groups is 1. The maximum atomic E-state index is 11.1. The number of nitrogens with zero attached hydrogens (tertiary/aromatic N) is 1. The second kappa shape index (κ2) is 6.40. The van der Waals surface area contributed by atoms with E-state index in [1.807, 2.05) is 49.9 Å². The Kier molecular flexibility index (Phi) is 5.39. The average Bonchev–Trinajstić information content (AvgIpc) is 2.29. The van der Waals surface area contributed by atoms with Crippen LogP contribution in [0.4, 0.5) is 0 Å². The Hall–Kier alpha value is -1.06. The molecule has 0 radical (unpaired) electrons. The highest BCUT2D eigenvalue weighted by atomic mass is 35.5. The van der Waals surface area contributed by atoms with E-state index in [4.69, 9.17) is 16.7 Å². The van der Waals surface area contributed by atoms with Gasteiger partial charge in [-0.05, 0) is 44.9 Å². The fraction of sp³-hybridized carbons (Fsp3) is 0.533. The summed E-state index contributed by atoms with van der Waals surface area (Å²) in [5.41, 5.74) is 0.890. The summed E-state index contributed by atoms with van der Waals surface area (Å²) in [6.45, 7) is 8.21. The number of rotatable bonds is 5. The smallest absolute Gasteiger partial charge is 0.317 e. The number of carboxylic acid groups (broad SMARTS) is 1. The molecule has 0 fully saturated rings. The molecule has 0 aliphatic rings. The van der Waals surface area contributed by atoms with Crippen LogP contribution >= 0.6 is 11.6 Å². The van der Waals surface area contributed by atoms with Gasteiger partial charge in [0.25, 0.3) is 0 Å². The number of halogens is 1. The molecule has 0 saturated carbocycles. The molecule has 0 aliphatic carbocycles. The van der Waals surface area contributed by atoms with Gasteiger partial charge in [0, 0.05) is 16.6 Å². The zero-order chi connectivity index (χ0) is 14.6. The molecular formula is C15H22ClNO2. The van der Waals surface area contributed by atoms with Crippen molar-refractivity contribution in [1.29, 1.82) is 0 Å². The number of aliphatic carboxylic acids is 1. The highest BCUT2D eigenvalue weighted by Gasteiger charge is 2.30. The zero-order valence-electron chi connectivity index (χ0n) is 12.0. The second-order valence-corrected chi connectivity index (χ2v) is 6.10. The topological polar surface area (TPSA) is 40.5 Å². The van der Waals surface area contributed by atoms with Crippen LogP contribution in [0.3, 0.4) is 0 Å². The van der Waals surface area contributed by atoms with Crippen LogP contribution in [0.1, 0.15) is 45.7 Å². The number of hydrogen-bond donors (Lipinski definition) is 1. The average molecular weight is 284 g/mol. The molecule has 0 amide bonds. The van der Waals surface area contributed by atoms with Crippen molar-refractivity contribution >= 4 is 17.6 Å². The Bertz CT molecular complexity index is 423. The van der Waals surface area contributed by atoms with E-state index in [1.165, 1.54) is 0 Å². The van der Waals surface area contributed by atoms with Crippen molar-refractivity contribution in [2.45, 2.75) is 45.7 Å². The molecule has 1 aromatic rings. The first-order chi connectivity index (χ1) is 8.75. The van der Waals surface area contributed by atoms with E-state index in [0.29, 0.717) is 5.02 Å². The molecule has 0 bridgehead atoms. The van der Waals surface area contributed by atoms with Crippen LogP contribution < -0.4 is 0 Å². The van der Waals surface area contributed by atoms with Crippen LogP contribution in [0.2, 0.25) is 5.02 Å². The zero-order valence-corrected chi connectivity index (χ0v) is 12.7. The quantitative estimate of drug-likeness (QED) is 0.889. The standard InChI is InChI=1S/C15H22ClNO2/c1-5-13(11-6-8-12(16)9-7-11)17(10-14(18)19)15(2,3)4/h6-9,13H,5,10H2,1-4H3,(H,18,19). The summed E-state index contributed by atoms with van der Waals surface area (Å²) in [6.07, 6.45) is 0.853. The van der Waals surface area contributed by atoms with E-state index in [-0.39, 0.29) is 18.1 Å². The molecule has 3 nitrogen and oxygen atoms in total. The summed E-state index contributed by atoms with van der Waals surface area (Å²) in [5, 5.41) is 9.81. The Morgan fingerprint density at radius 3 is 2.21 bits per heavy atom. The van der Waals surface area contributed by atoms with Crippen molar-refractivity contribution < 1.29 is 9.90 Å². The highest BCUT2D eigenvalue weighted by Crippen LogP contribution is 2.31. The summed E-state index contributed by atoms with van der Waals surface area (Å²) in [6, 6.07) is 7.71. The van der Waals surface area contributed by atoms with Crippen molar-refractivity contribution in [1.82, 2.24) is 4.90 Å². The Morgan fingerprint density at radius 2 is 1.84 bits per heavy atom. The lowest BCUT2D eigenvalue weighted by molar-refractivity contribution is -0.140. The highest BCUT2D eigenvalue weighted by molar-refractivity contribution is 6.30. The Morgan fingerprint density at radius 1 is 1.32 bits per heavy atom. The van der Waals surface area contributed by atoms with Crippen molar-refractivity contribution in [2.75, 3.05) is 6.54 Å². The van der Waals surface area contributed by atoms with Gasteiger partial charge >= 0.3 is 5.97 Å². The molecular weight excluding hydrogens is 262 g/mol. The van der Waals surface area contributed by atoms with Gasteiger partial charge in [0.2, 0.25) is 0 Å². The molecule has 106 valence electrons. The maximum Gasteiger partial charge on any atom is 0.317 e. The van der Waals surface area contributed by atoms with E-state index in [1.54, 1.807) is 0 Å². The lowest BCUT2D eigenvalue weighted by Gasteiger charge is -2.40. The predicted molar refractivity (Wildman–Crippen MR) is 78.6 cm³/mol. The van der Waals surface area contributed by atoms with Crippen LogP contribution in [0.25, 0.3) is 0 Å². The van der Waals surface area contributed by atoms with Gasteiger partial charge in [-0.3, -0.25) is 9.69 Å². The minimum atomic E-state index is -0.803. The van der Waals surface area contributed by atoms with Crippen LogP contribution in [-0.2, 0) is 4.79 Å². The molecule has 0 heterocycles. The number of carboxylic acids is 1. The summed E-state index contributed by atoms with van der Waals surface area (Å²) >= 11 is 5.91. The molecule has 1 N–H and O–H groups in total. The molecule has 0 saturated heterocycles. The molecule has 19 heavy (non-hydrogen) atoms. The first-order valence-corrected chi connectivity index (χ1v) is 6.87. The lowest BCUT2D eigenvalue weighted by Crippen LogP contribution is -2.46. The van der Waals surface area contributed by atoms with Crippen LogP contribution in [0.15, 0.2) is 24.3 Å². The largest absolute Gasteiger partial charge is 0.480 e. The summed E-state index contributed by atoms with van der Waals surface area (Å²) in [7, 11) is 0. The van der Waals surface area contributed by atoms with Gasteiger partial charge in [-0.1, -0.05) is 30.7 Å². The van der Waals surface area contributed by atoms with Crippen molar-refractivity contribution in [3.8, 4) is 0 Å². The first kappa shape index (κ1) is 16.0. The number of benzene rings is 1. The third kappa shape index (κ3) is 4.51. The van der Waals surface area contributed by atoms with Gasteiger partial charge in [0.1, 0.15) is 0 Å². The number of hydrogen-bond acceptors (Lipinski definition) is 2. The summed E-state index contributed by atoms with van der Waals surface area (Å²) in [5.74, 6) is -0.803. The Balaban J connectivity index is 3.09. The van der Waals surface area contributed by atoms with E-state index in [9.17, 15) is 4.79 Å². The van der Waals surface area contributed by atoms with Gasteiger partial charge in [0.05, 0.1) is 6.54 Å². The third-order valence-corrected chi connectivity index (χ3v) is 3.44. The molecule has 0 spiro atoms. The summed E-state index contributed by atoms with van der Waals surface area (Å²) < 4.78 is 0. The van der Waals surface area contributed by atoms with Crippen LogP contribution in [0, 0.1) is 0 Å². The fourth-order valence-electron chi connectivity index (χ4n) is 2.28. The first-order valence-electron chi connectivity index (χ1n) is 6.49. The van der Waals surface area contributed by atoms with Crippen LogP contribution in [-0.4, -0.2) is 28.1 Å². The molecule has 1 rings (SSSR count). The van der Waals surface area contributed by atoms with Crippen molar-refractivity contribution in [3.05, 3.63) is 34.9 Å². The van der Waals surface area contributed by atoms with Crippen LogP contribution in [0.5, 0.6) is 0 Å². The van der Waals surface area contributed by atoms with E-state index in [2.05, 4.69) is 6.92 Å². The van der Waals surface area contributed by atoms with E-state index in [0.717, 1.165) is 12.0 Å². The maximum absolute atomic E-state index is 11.1. The summed E-state index contributed by atoms with van der Waals surface area (Å²) in [4.78, 5) is 13.1. The fourth-order valence-corrected chi connectivity index (χ4v) is 2.41. The minimum absolute atomic E-state index is 0.0324. The van der Waals surface area contributed by atoms with E-state index >= 15 is 0 Å². The normalized spacial score (nSPS) is 13.6. The van der Waals surface area contributed by atoms with Gasteiger partial charge in [-0.2, -0.15) is 0 Å². The minimum Gasteiger partial charge on any atom is -0.480 e. The molecule has 1 atom stereocenters. The van der Waals surface area contributed by atoms with Gasteiger partial charge < -0.3 is 5.11 Å². The monoisotopic (exact) mass is 283 g/mol. The van der Waals surface area contributed by atoms with Crippen molar-refractivity contribution in [3.63, 3.8) is 0 Å². The predicted octanol–water partition coefficient (Wildman–Crippen LogP) is 3.98. The van der Waals surface area contributed by atoms with Gasteiger partial charge in [-0.15, -0.1) is 0 Å². The molecule has 0 aliphatic heterocycles. The second-order valence-electron chi connectivity index (χ2n) is 5.67. The van der Waals surface area contributed by atoms with Gasteiger partial charge in [0.15, 0.2) is 0 Å². The van der Waals surface area contributed by atoms with Crippen molar-refractivity contribution in [2.24, 2.45) is 0 Å². The lowest BCUT2D eigenvalue weighted by atomic mass is 9.96. The van der Waals surface area contributed by atoms with Gasteiger partial charge in [-0.25, -0.2) is 0 Å².